The molecule has 0 atom stereocenters. The van der Waals surface area contributed by atoms with Crippen LogP contribution < -0.4 is 5.73 Å². The largest absolute Gasteiger partial charge is 0.461 e. The lowest BCUT2D eigenvalue weighted by molar-refractivity contribution is 0.0537. The van der Waals surface area contributed by atoms with E-state index in [-0.39, 0.29) is 5.97 Å². The lowest BCUT2D eigenvalue weighted by Gasteiger charge is -2.01. The highest BCUT2D eigenvalue weighted by molar-refractivity contribution is 7.98. The maximum atomic E-state index is 11.3. The van der Waals surface area contributed by atoms with Crippen LogP contribution in [0.1, 0.15) is 9.67 Å². The van der Waals surface area contributed by atoms with Crippen LogP contribution in [0.25, 0.3) is 0 Å². The van der Waals surface area contributed by atoms with Crippen molar-refractivity contribution in [3.05, 3.63) is 16.3 Å². The molecular formula is C8H11NO2S2. The first-order valence-corrected chi connectivity index (χ1v) is 6.02. The van der Waals surface area contributed by atoms with E-state index in [2.05, 4.69) is 0 Å². The van der Waals surface area contributed by atoms with Crippen LogP contribution in [0.2, 0.25) is 0 Å². The standard InChI is InChI=1S/C8H11NO2S2/c1-12-5-3-11-8(10)7-6(9)2-4-13-7/h2,4H,3,5,9H2,1H3. The first kappa shape index (κ1) is 10.4. The molecule has 5 heteroatoms. The normalized spacial score (nSPS) is 9.92. The van der Waals surface area contributed by atoms with Crippen LogP contribution in [0.15, 0.2) is 11.4 Å². The van der Waals surface area contributed by atoms with Crippen LogP contribution in [-0.2, 0) is 4.74 Å². The molecule has 0 spiro atoms. The Morgan fingerprint density at radius 2 is 2.54 bits per heavy atom. The quantitative estimate of drug-likeness (QED) is 0.617. The minimum Gasteiger partial charge on any atom is -0.461 e. The predicted octanol–water partition coefficient (Wildman–Crippen LogP) is 1.85. The van der Waals surface area contributed by atoms with E-state index in [4.69, 9.17) is 10.5 Å². The number of nitrogens with two attached hydrogens (primary N) is 1. The predicted molar refractivity (Wildman–Crippen MR) is 57.4 cm³/mol. The van der Waals surface area contributed by atoms with Crippen molar-refractivity contribution in [1.29, 1.82) is 0 Å². The van der Waals surface area contributed by atoms with E-state index < -0.39 is 0 Å². The molecular weight excluding hydrogens is 206 g/mol. The van der Waals surface area contributed by atoms with Gasteiger partial charge in [-0.05, 0) is 17.7 Å². The summed E-state index contributed by atoms with van der Waals surface area (Å²) < 4.78 is 4.98. The number of rotatable bonds is 4. The molecule has 0 saturated heterocycles. The van der Waals surface area contributed by atoms with Crippen molar-refractivity contribution in [2.24, 2.45) is 0 Å². The summed E-state index contributed by atoms with van der Waals surface area (Å²) in [7, 11) is 0. The Morgan fingerprint density at radius 3 is 3.08 bits per heavy atom. The van der Waals surface area contributed by atoms with Crippen molar-refractivity contribution in [1.82, 2.24) is 0 Å². The zero-order valence-electron chi connectivity index (χ0n) is 7.28. The number of carbonyl (C=O) groups is 1. The van der Waals surface area contributed by atoms with Crippen molar-refractivity contribution < 1.29 is 9.53 Å². The van der Waals surface area contributed by atoms with Gasteiger partial charge in [0.1, 0.15) is 11.5 Å². The lowest BCUT2D eigenvalue weighted by Crippen LogP contribution is -2.07. The molecule has 1 aromatic heterocycles. The first-order valence-electron chi connectivity index (χ1n) is 3.74. The molecule has 13 heavy (non-hydrogen) atoms. The number of esters is 1. The fourth-order valence-corrected chi connectivity index (χ4v) is 1.73. The smallest absolute Gasteiger partial charge is 0.350 e. The van der Waals surface area contributed by atoms with E-state index in [1.165, 1.54) is 11.3 Å². The van der Waals surface area contributed by atoms with Crippen molar-refractivity contribution in [2.45, 2.75) is 0 Å². The Labute approximate surface area is 85.3 Å². The molecule has 0 fully saturated rings. The van der Waals surface area contributed by atoms with Gasteiger partial charge in [0.25, 0.3) is 0 Å². The number of hydrogen-bond donors (Lipinski definition) is 1. The van der Waals surface area contributed by atoms with Gasteiger partial charge < -0.3 is 10.5 Å². The molecule has 1 heterocycles. The van der Waals surface area contributed by atoms with E-state index in [1.54, 1.807) is 23.2 Å². The third kappa shape index (κ3) is 2.93. The van der Waals surface area contributed by atoms with Gasteiger partial charge in [-0.3, -0.25) is 0 Å². The van der Waals surface area contributed by atoms with Crippen molar-refractivity contribution in [2.75, 3.05) is 24.3 Å². The van der Waals surface area contributed by atoms with Crippen molar-refractivity contribution >= 4 is 34.8 Å². The number of nitrogen functional groups attached to an aromatic ring is 1. The summed E-state index contributed by atoms with van der Waals surface area (Å²) >= 11 is 2.95. The van der Waals surface area contributed by atoms with Crippen LogP contribution in [-0.4, -0.2) is 24.6 Å². The molecule has 0 amide bonds. The molecule has 3 nitrogen and oxygen atoms in total. The highest BCUT2D eigenvalue weighted by atomic mass is 32.2. The third-order valence-corrected chi connectivity index (χ3v) is 2.89. The van der Waals surface area contributed by atoms with E-state index in [0.717, 1.165) is 5.75 Å². The Morgan fingerprint density at radius 1 is 1.77 bits per heavy atom. The average molecular weight is 217 g/mol. The van der Waals surface area contributed by atoms with E-state index >= 15 is 0 Å². The number of thiophene rings is 1. The summed E-state index contributed by atoms with van der Waals surface area (Å²) in [4.78, 5) is 11.8. The maximum Gasteiger partial charge on any atom is 0.350 e. The fraction of sp³-hybridized carbons (Fsp3) is 0.375. The lowest BCUT2D eigenvalue weighted by atomic mass is 10.4. The minimum absolute atomic E-state index is 0.318. The van der Waals surface area contributed by atoms with Crippen LogP contribution in [0.4, 0.5) is 5.69 Å². The van der Waals surface area contributed by atoms with Crippen LogP contribution in [0, 0.1) is 0 Å². The van der Waals surface area contributed by atoms with Crippen LogP contribution >= 0.6 is 23.1 Å². The Hall–Kier alpha value is -0.680. The summed E-state index contributed by atoms with van der Waals surface area (Å²) in [6.45, 7) is 0.442. The van der Waals surface area contributed by atoms with Crippen molar-refractivity contribution in [3.8, 4) is 0 Å². The molecule has 0 unspecified atom stereocenters. The molecule has 0 aliphatic rings. The fourth-order valence-electron chi connectivity index (χ4n) is 0.768. The topological polar surface area (TPSA) is 52.3 Å². The van der Waals surface area contributed by atoms with E-state index in [0.29, 0.717) is 17.2 Å². The summed E-state index contributed by atoms with van der Waals surface area (Å²) in [6, 6.07) is 1.70. The molecule has 72 valence electrons. The van der Waals surface area contributed by atoms with Gasteiger partial charge in [0.2, 0.25) is 0 Å². The van der Waals surface area contributed by atoms with Crippen molar-refractivity contribution in [3.63, 3.8) is 0 Å². The summed E-state index contributed by atoms with van der Waals surface area (Å²) in [5, 5.41) is 1.78. The van der Waals surface area contributed by atoms with E-state index in [9.17, 15) is 4.79 Å². The number of ether oxygens (including phenoxy) is 1. The number of carbonyl (C=O) groups excluding carboxylic acids is 1. The third-order valence-electron chi connectivity index (χ3n) is 1.40. The molecule has 0 bridgehead atoms. The highest BCUT2D eigenvalue weighted by Crippen LogP contribution is 2.19. The maximum absolute atomic E-state index is 11.3. The number of hydrogen-bond acceptors (Lipinski definition) is 5. The number of anilines is 1. The molecule has 0 aliphatic heterocycles. The van der Waals surface area contributed by atoms with Gasteiger partial charge in [-0.1, -0.05) is 0 Å². The molecule has 2 N–H and O–H groups in total. The highest BCUT2D eigenvalue weighted by Gasteiger charge is 2.11. The van der Waals surface area contributed by atoms with Crippen LogP contribution in [0.3, 0.4) is 0 Å². The zero-order valence-corrected chi connectivity index (χ0v) is 8.91. The van der Waals surface area contributed by atoms with Crippen LogP contribution in [0.5, 0.6) is 0 Å². The molecule has 0 aliphatic carbocycles. The molecule has 1 rings (SSSR count). The second-order valence-electron chi connectivity index (χ2n) is 2.33. The SMILES string of the molecule is CSCCOC(=O)c1sccc1N. The summed E-state index contributed by atoms with van der Waals surface area (Å²) in [5.74, 6) is 0.498. The van der Waals surface area contributed by atoms with Gasteiger partial charge in [0, 0.05) is 5.75 Å². The van der Waals surface area contributed by atoms with Gasteiger partial charge in [0.05, 0.1) is 5.69 Å². The molecule has 0 radical (unpaired) electrons. The van der Waals surface area contributed by atoms with Gasteiger partial charge in [0.15, 0.2) is 0 Å². The molecule has 0 aromatic carbocycles. The second kappa shape index (κ2) is 5.14. The Bertz CT molecular complexity index is 285. The first-order chi connectivity index (χ1) is 6.25. The average Bonchev–Trinajstić information content (AvgIpc) is 2.52. The Balaban J connectivity index is 2.45. The van der Waals surface area contributed by atoms with Gasteiger partial charge in [-0.25, -0.2) is 4.79 Å². The number of thioether (sulfide) groups is 1. The van der Waals surface area contributed by atoms with Gasteiger partial charge in [-0.2, -0.15) is 11.8 Å². The van der Waals surface area contributed by atoms with Gasteiger partial charge in [-0.15, -0.1) is 11.3 Å². The molecule has 0 saturated carbocycles. The summed E-state index contributed by atoms with van der Waals surface area (Å²) in [6.07, 6.45) is 1.97. The second-order valence-corrected chi connectivity index (χ2v) is 4.24. The minimum atomic E-state index is -0.318. The zero-order chi connectivity index (χ0) is 9.68. The molecule has 1 aromatic rings. The van der Waals surface area contributed by atoms with E-state index in [1.807, 2.05) is 6.26 Å². The Kier molecular flexibility index (Phi) is 4.11. The summed E-state index contributed by atoms with van der Waals surface area (Å²) in [5.41, 5.74) is 6.05. The monoisotopic (exact) mass is 217 g/mol. The van der Waals surface area contributed by atoms with Gasteiger partial charge >= 0.3 is 5.97 Å².